The van der Waals surface area contributed by atoms with Crippen LogP contribution in [0.1, 0.15) is 42.5 Å². The van der Waals surface area contributed by atoms with Crippen molar-refractivity contribution in [2.45, 2.75) is 32.1 Å². The molecule has 3 atom stereocenters. The molecule has 2 saturated carbocycles. The summed E-state index contributed by atoms with van der Waals surface area (Å²) < 4.78 is 5.07. The largest absolute Gasteiger partial charge is 0.457 e. The smallest absolute Gasteiger partial charge is 0.306 e. The molecular weight excluding hydrogens is 298 g/mol. The number of hydrogen-bond acceptors (Lipinski definition) is 5. The number of carbonyl (C=O) groups excluding carboxylic acids is 2. The number of non-ortho nitro benzene ring substituents is 1. The first-order valence-corrected chi connectivity index (χ1v) is 7.96. The van der Waals surface area contributed by atoms with Crippen LogP contribution in [0.3, 0.4) is 0 Å². The van der Waals surface area contributed by atoms with E-state index in [9.17, 15) is 19.7 Å². The minimum atomic E-state index is -0.558. The highest BCUT2D eigenvalue weighted by molar-refractivity contribution is 5.98. The lowest BCUT2D eigenvalue weighted by molar-refractivity contribution is -0.384. The van der Waals surface area contributed by atoms with Gasteiger partial charge in [0.15, 0.2) is 6.61 Å². The van der Waals surface area contributed by atoms with E-state index < -0.39 is 10.7 Å². The number of hydrogen-bond donors (Lipinski definition) is 0. The topological polar surface area (TPSA) is 86.5 Å². The van der Waals surface area contributed by atoms with Gasteiger partial charge in [-0.3, -0.25) is 19.7 Å². The highest BCUT2D eigenvalue weighted by Gasteiger charge is 2.40. The maximum absolute atomic E-state index is 12.0. The predicted molar refractivity (Wildman–Crippen MR) is 81.9 cm³/mol. The fourth-order valence-electron chi connectivity index (χ4n) is 3.92. The molecule has 0 amide bonds. The molecule has 122 valence electrons. The molecule has 3 rings (SSSR count). The number of ketones is 1. The van der Waals surface area contributed by atoms with Crippen molar-refractivity contribution in [2.24, 2.45) is 17.8 Å². The van der Waals surface area contributed by atoms with Gasteiger partial charge in [-0.1, -0.05) is 18.6 Å². The highest BCUT2D eigenvalue weighted by Crippen LogP contribution is 2.49. The molecule has 2 bridgehead atoms. The Bertz CT molecular complexity index is 642. The van der Waals surface area contributed by atoms with Gasteiger partial charge in [0.25, 0.3) is 5.69 Å². The summed E-state index contributed by atoms with van der Waals surface area (Å²) in [7, 11) is 0. The average Bonchev–Trinajstić information content (AvgIpc) is 3.15. The molecule has 2 aliphatic carbocycles. The van der Waals surface area contributed by atoms with Crippen molar-refractivity contribution in [1.82, 2.24) is 0 Å². The highest BCUT2D eigenvalue weighted by atomic mass is 16.6. The first-order valence-electron chi connectivity index (χ1n) is 7.96. The predicted octanol–water partition coefficient (Wildman–Crippen LogP) is 3.15. The standard InChI is InChI=1S/C17H19NO5/c19-16(13-2-1-3-15(8-13)18(21)22)10-23-17(20)9-14-7-11-4-5-12(14)6-11/h1-3,8,11-12,14H,4-7,9-10H2/t11-,12-,14+/m1/s1. The number of carbonyl (C=O) groups is 2. The SMILES string of the molecule is O=C(C[C@@H]1C[C@@H]2CC[C@@H]1C2)OCC(=O)c1cccc([N+](=O)[O-])c1. The second kappa shape index (κ2) is 6.48. The summed E-state index contributed by atoms with van der Waals surface area (Å²) in [5, 5.41) is 10.7. The molecule has 0 N–H and O–H groups in total. The third-order valence-corrected chi connectivity index (χ3v) is 5.06. The van der Waals surface area contributed by atoms with E-state index in [0.29, 0.717) is 18.3 Å². The quantitative estimate of drug-likeness (QED) is 0.348. The van der Waals surface area contributed by atoms with Gasteiger partial charge in [-0.15, -0.1) is 0 Å². The van der Waals surface area contributed by atoms with Crippen molar-refractivity contribution in [3.05, 3.63) is 39.9 Å². The summed E-state index contributed by atoms with van der Waals surface area (Å²) in [5.74, 6) is 1.04. The van der Waals surface area contributed by atoms with E-state index in [0.717, 1.165) is 12.3 Å². The van der Waals surface area contributed by atoms with Crippen LogP contribution in [-0.2, 0) is 9.53 Å². The van der Waals surface area contributed by atoms with Crippen LogP contribution in [0.15, 0.2) is 24.3 Å². The van der Waals surface area contributed by atoms with Crippen molar-refractivity contribution < 1.29 is 19.2 Å². The van der Waals surface area contributed by atoms with Crippen LogP contribution in [0.5, 0.6) is 0 Å². The molecule has 0 unspecified atom stereocenters. The number of Topliss-reactive ketones (excluding diaryl/α,β-unsaturated/α-hetero) is 1. The fraction of sp³-hybridized carbons (Fsp3) is 0.529. The number of esters is 1. The van der Waals surface area contributed by atoms with E-state index in [1.165, 1.54) is 43.5 Å². The summed E-state index contributed by atoms with van der Waals surface area (Å²) in [5.41, 5.74) is 0.0380. The molecule has 1 aromatic rings. The number of rotatable bonds is 6. The summed E-state index contributed by atoms with van der Waals surface area (Å²) >= 11 is 0. The summed E-state index contributed by atoms with van der Waals surface area (Å²) in [6, 6.07) is 5.45. The monoisotopic (exact) mass is 317 g/mol. The van der Waals surface area contributed by atoms with Crippen LogP contribution >= 0.6 is 0 Å². The zero-order chi connectivity index (χ0) is 16.4. The maximum atomic E-state index is 12.0. The number of fused-ring (bicyclic) bond motifs is 2. The normalized spacial score (nSPS) is 25.3. The van der Waals surface area contributed by atoms with E-state index in [1.54, 1.807) is 0 Å². The zero-order valence-electron chi connectivity index (χ0n) is 12.8. The van der Waals surface area contributed by atoms with Crippen LogP contribution < -0.4 is 0 Å². The molecule has 1 aromatic carbocycles. The van der Waals surface area contributed by atoms with Gasteiger partial charge in [0.1, 0.15) is 0 Å². The molecular formula is C17H19NO5. The number of nitrogens with zero attached hydrogens (tertiary/aromatic N) is 1. The fourth-order valence-corrected chi connectivity index (χ4v) is 3.92. The summed E-state index contributed by atoms with van der Waals surface area (Å²) in [6.45, 7) is -0.360. The van der Waals surface area contributed by atoms with Gasteiger partial charge in [-0.05, 0) is 37.0 Å². The van der Waals surface area contributed by atoms with E-state index in [4.69, 9.17) is 4.74 Å². The van der Waals surface area contributed by atoms with Gasteiger partial charge >= 0.3 is 5.97 Å². The van der Waals surface area contributed by atoms with Crippen LogP contribution in [0.2, 0.25) is 0 Å². The maximum Gasteiger partial charge on any atom is 0.306 e. The number of nitro benzene ring substituents is 1. The zero-order valence-corrected chi connectivity index (χ0v) is 12.8. The van der Waals surface area contributed by atoms with Crippen LogP contribution in [0, 0.1) is 27.9 Å². The van der Waals surface area contributed by atoms with Gasteiger partial charge in [-0.2, -0.15) is 0 Å². The molecule has 0 aromatic heterocycles. The lowest BCUT2D eigenvalue weighted by Crippen LogP contribution is -2.19. The lowest BCUT2D eigenvalue weighted by atomic mass is 9.86. The Hall–Kier alpha value is -2.24. The molecule has 0 saturated heterocycles. The van der Waals surface area contributed by atoms with Crippen molar-refractivity contribution in [2.75, 3.05) is 6.61 Å². The van der Waals surface area contributed by atoms with E-state index >= 15 is 0 Å². The molecule has 6 nitrogen and oxygen atoms in total. The van der Waals surface area contributed by atoms with E-state index in [2.05, 4.69) is 0 Å². The van der Waals surface area contributed by atoms with Gasteiger partial charge < -0.3 is 4.74 Å². The Morgan fingerprint density at radius 2 is 2.09 bits per heavy atom. The third-order valence-electron chi connectivity index (χ3n) is 5.06. The minimum Gasteiger partial charge on any atom is -0.457 e. The molecule has 0 radical (unpaired) electrons. The Morgan fingerprint density at radius 3 is 2.74 bits per heavy atom. The molecule has 2 aliphatic rings. The van der Waals surface area contributed by atoms with Crippen LogP contribution in [-0.4, -0.2) is 23.3 Å². The van der Waals surface area contributed by atoms with E-state index in [-0.39, 0.29) is 23.8 Å². The number of nitro groups is 1. The van der Waals surface area contributed by atoms with Crippen molar-refractivity contribution in [3.63, 3.8) is 0 Å². The molecule has 2 fully saturated rings. The average molecular weight is 317 g/mol. The van der Waals surface area contributed by atoms with Gasteiger partial charge in [-0.25, -0.2) is 0 Å². The third kappa shape index (κ3) is 3.57. The number of benzene rings is 1. The summed E-state index contributed by atoms with van der Waals surface area (Å²) in [6.07, 6.45) is 5.18. The van der Waals surface area contributed by atoms with Crippen LogP contribution in [0.4, 0.5) is 5.69 Å². The first-order chi connectivity index (χ1) is 11.0. The van der Waals surface area contributed by atoms with Crippen molar-refractivity contribution >= 4 is 17.4 Å². The molecule has 0 aliphatic heterocycles. The molecule has 23 heavy (non-hydrogen) atoms. The van der Waals surface area contributed by atoms with Crippen molar-refractivity contribution in [3.8, 4) is 0 Å². The van der Waals surface area contributed by atoms with Crippen molar-refractivity contribution in [1.29, 1.82) is 0 Å². The first kappa shape index (κ1) is 15.6. The Labute approximate surface area is 134 Å². The lowest BCUT2D eigenvalue weighted by Gasteiger charge is -2.20. The molecule has 6 heteroatoms. The molecule has 0 spiro atoms. The Balaban J connectivity index is 1.49. The van der Waals surface area contributed by atoms with Gasteiger partial charge in [0.05, 0.1) is 4.92 Å². The van der Waals surface area contributed by atoms with E-state index in [1.807, 2.05) is 0 Å². The molecule has 0 heterocycles. The second-order valence-corrected chi connectivity index (χ2v) is 6.53. The van der Waals surface area contributed by atoms with Gasteiger partial charge in [0.2, 0.25) is 5.78 Å². The van der Waals surface area contributed by atoms with Crippen LogP contribution in [0.25, 0.3) is 0 Å². The summed E-state index contributed by atoms with van der Waals surface area (Å²) in [4.78, 5) is 34.0. The minimum absolute atomic E-state index is 0.149. The Kier molecular flexibility index (Phi) is 4.41. The Morgan fingerprint density at radius 1 is 1.26 bits per heavy atom. The second-order valence-electron chi connectivity index (χ2n) is 6.53. The number of ether oxygens (including phenoxy) is 1. The van der Waals surface area contributed by atoms with Gasteiger partial charge in [0, 0.05) is 24.1 Å².